The number of hydrogen-bond donors (Lipinski definition) is 1. The van der Waals surface area contributed by atoms with Gasteiger partial charge in [-0.1, -0.05) is 29.6 Å². The van der Waals surface area contributed by atoms with E-state index >= 15 is 0 Å². The van der Waals surface area contributed by atoms with Crippen LogP contribution < -0.4 is 5.32 Å². The summed E-state index contributed by atoms with van der Waals surface area (Å²) in [7, 11) is 1.81. The van der Waals surface area contributed by atoms with E-state index in [1.165, 1.54) is 0 Å². The van der Waals surface area contributed by atoms with Crippen LogP contribution in [-0.2, 0) is 11.8 Å². The molecular weight excluding hydrogens is 371 g/mol. The summed E-state index contributed by atoms with van der Waals surface area (Å²) in [6.07, 6.45) is 3.11. The van der Waals surface area contributed by atoms with E-state index in [1.807, 2.05) is 13.1 Å². The van der Waals surface area contributed by atoms with Crippen LogP contribution in [0.25, 0.3) is 10.9 Å². The van der Waals surface area contributed by atoms with Gasteiger partial charge in [-0.2, -0.15) is 0 Å². The monoisotopic (exact) mass is 386 g/mol. The molecule has 1 heterocycles. The molecule has 1 amide bonds. The second kappa shape index (κ2) is 6.95. The molecule has 24 heavy (non-hydrogen) atoms. The van der Waals surface area contributed by atoms with Gasteiger partial charge in [0.2, 0.25) is 5.24 Å². The molecule has 0 bridgehead atoms. The van der Waals surface area contributed by atoms with E-state index in [4.69, 9.17) is 34.8 Å². The number of benzene rings is 1. The zero-order chi connectivity index (χ0) is 17.4. The maximum Gasteiger partial charge on any atom is 0.268 e. The predicted octanol–water partition coefficient (Wildman–Crippen LogP) is 4.54. The lowest BCUT2D eigenvalue weighted by atomic mass is 9.86. The summed E-state index contributed by atoms with van der Waals surface area (Å²) in [5.74, 6) is -0.361. The van der Waals surface area contributed by atoms with Gasteiger partial charge in [0.1, 0.15) is 5.69 Å². The van der Waals surface area contributed by atoms with Crippen LogP contribution in [0.5, 0.6) is 0 Å². The van der Waals surface area contributed by atoms with Gasteiger partial charge in [0.15, 0.2) is 0 Å². The summed E-state index contributed by atoms with van der Waals surface area (Å²) in [6, 6.07) is 5.25. The Hall–Kier alpha value is -1.23. The maximum absolute atomic E-state index is 12.7. The smallest absolute Gasteiger partial charge is 0.268 e. The molecule has 0 saturated heterocycles. The van der Waals surface area contributed by atoms with Crippen molar-refractivity contribution in [1.29, 1.82) is 0 Å². The minimum Gasteiger partial charge on any atom is -0.348 e. The van der Waals surface area contributed by atoms with Crippen molar-refractivity contribution in [3.63, 3.8) is 0 Å². The Morgan fingerprint density at radius 2 is 2.00 bits per heavy atom. The second-order valence-corrected chi connectivity index (χ2v) is 7.38. The zero-order valence-corrected chi connectivity index (χ0v) is 15.4. The first kappa shape index (κ1) is 17.6. The summed E-state index contributed by atoms with van der Waals surface area (Å²) < 4.78 is 1.79. The van der Waals surface area contributed by atoms with Gasteiger partial charge in [-0.15, -0.1) is 0 Å². The number of nitrogens with zero attached hydrogens (tertiary/aromatic N) is 1. The summed E-state index contributed by atoms with van der Waals surface area (Å²) in [5, 5.41) is 4.33. The minimum atomic E-state index is -0.319. The van der Waals surface area contributed by atoms with Crippen LogP contribution in [0.3, 0.4) is 0 Å². The topological polar surface area (TPSA) is 51.1 Å². The maximum atomic E-state index is 12.7. The molecular formula is C17H17Cl3N2O2. The van der Waals surface area contributed by atoms with Crippen molar-refractivity contribution >= 4 is 56.9 Å². The van der Waals surface area contributed by atoms with Gasteiger partial charge in [-0.3, -0.25) is 9.59 Å². The number of aryl methyl sites for hydroxylation is 1. The van der Waals surface area contributed by atoms with Gasteiger partial charge in [0, 0.05) is 29.9 Å². The molecule has 4 nitrogen and oxygen atoms in total. The second-order valence-electron chi connectivity index (χ2n) is 6.22. The average Bonchev–Trinajstić information content (AvgIpc) is 2.89. The molecule has 2 aromatic rings. The molecule has 1 aromatic carbocycles. The fraction of sp³-hybridized carbons (Fsp3) is 0.412. The van der Waals surface area contributed by atoms with E-state index in [-0.39, 0.29) is 23.1 Å². The summed E-state index contributed by atoms with van der Waals surface area (Å²) in [5.41, 5.74) is 1.35. The van der Waals surface area contributed by atoms with Crippen LogP contribution in [0.15, 0.2) is 18.2 Å². The number of aromatic nitrogens is 1. The number of fused-ring (bicyclic) bond motifs is 1. The zero-order valence-electron chi connectivity index (χ0n) is 13.1. The van der Waals surface area contributed by atoms with Gasteiger partial charge >= 0.3 is 0 Å². The fourth-order valence-electron chi connectivity index (χ4n) is 3.35. The van der Waals surface area contributed by atoms with E-state index in [2.05, 4.69) is 5.32 Å². The molecule has 1 saturated carbocycles. The number of carbonyl (C=O) groups is 2. The predicted molar refractivity (Wildman–Crippen MR) is 97.0 cm³/mol. The fourth-order valence-corrected chi connectivity index (χ4v) is 3.93. The summed E-state index contributed by atoms with van der Waals surface area (Å²) >= 11 is 17.9. The van der Waals surface area contributed by atoms with Gasteiger partial charge in [0.05, 0.1) is 10.0 Å². The molecule has 0 spiro atoms. The molecule has 7 heteroatoms. The molecule has 1 aliphatic carbocycles. The quantitative estimate of drug-likeness (QED) is 0.786. The molecule has 1 aliphatic rings. The SMILES string of the molecule is Cn1c(C(=O)NC2CCCC(C(=O)Cl)C2)cc2c(Cl)c(Cl)ccc21. The Morgan fingerprint density at radius 1 is 1.25 bits per heavy atom. The lowest BCUT2D eigenvalue weighted by molar-refractivity contribution is -0.116. The standard InChI is InChI=1S/C17H17Cl3N2O2/c1-22-13-6-5-12(18)15(19)11(13)8-14(22)17(24)21-10-4-2-3-9(7-10)16(20)23/h5-6,8-10H,2-4,7H2,1H3,(H,21,24). The van der Waals surface area contributed by atoms with Crippen LogP contribution in [-0.4, -0.2) is 21.8 Å². The minimum absolute atomic E-state index is 0.0453. The van der Waals surface area contributed by atoms with Crippen molar-refractivity contribution in [1.82, 2.24) is 9.88 Å². The Morgan fingerprint density at radius 3 is 2.71 bits per heavy atom. The van der Waals surface area contributed by atoms with Gasteiger partial charge in [0.25, 0.3) is 5.91 Å². The van der Waals surface area contributed by atoms with Crippen LogP contribution in [0.1, 0.15) is 36.2 Å². The number of amides is 1. The third-order valence-electron chi connectivity index (χ3n) is 4.68. The molecule has 1 fully saturated rings. The molecule has 2 unspecified atom stereocenters. The Balaban J connectivity index is 1.83. The van der Waals surface area contributed by atoms with Gasteiger partial charge in [-0.05, 0) is 49.1 Å². The van der Waals surface area contributed by atoms with Crippen molar-refractivity contribution in [2.75, 3.05) is 0 Å². The number of rotatable bonds is 3. The molecule has 1 aromatic heterocycles. The highest BCUT2D eigenvalue weighted by Crippen LogP contribution is 2.33. The Bertz CT molecular complexity index is 816. The molecule has 0 aliphatic heterocycles. The van der Waals surface area contributed by atoms with Crippen LogP contribution in [0.4, 0.5) is 0 Å². The first-order valence-electron chi connectivity index (χ1n) is 7.82. The van der Waals surface area contributed by atoms with Gasteiger partial charge in [-0.25, -0.2) is 0 Å². The first-order valence-corrected chi connectivity index (χ1v) is 8.95. The Kier molecular flexibility index (Phi) is 5.09. The molecule has 3 rings (SSSR count). The Labute approximate surface area is 155 Å². The first-order chi connectivity index (χ1) is 11.4. The number of carbonyl (C=O) groups excluding carboxylic acids is 2. The van der Waals surface area contributed by atoms with Crippen molar-refractivity contribution < 1.29 is 9.59 Å². The van der Waals surface area contributed by atoms with Crippen molar-refractivity contribution in [3.8, 4) is 0 Å². The largest absolute Gasteiger partial charge is 0.348 e. The van der Waals surface area contributed by atoms with E-state index in [0.29, 0.717) is 22.2 Å². The normalized spacial score (nSPS) is 21.0. The summed E-state index contributed by atoms with van der Waals surface area (Å²) in [6.45, 7) is 0. The highest BCUT2D eigenvalue weighted by Gasteiger charge is 2.28. The van der Waals surface area contributed by atoms with E-state index in [9.17, 15) is 9.59 Å². The third-order valence-corrected chi connectivity index (χ3v) is 5.80. The molecule has 1 N–H and O–H groups in total. The average molecular weight is 388 g/mol. The van der Waals surface area contributed by atoms with E-state index < -0.39 is 0 Å². The van der Waals surface area contributed by atoms with Crippen LogP contribution in [0, 0.1) is 5.92 Å². The molecule has 2 atom stereocenters. The third kappa shape index (κ3) is 3.28. The van der Waals surface area contributed by atoms with Gasteiger partial charge < -0.3 is 9.88 Å². The van der Waals surface area contributed by atoms with Crippen LogP contribution in [0.2, 0.25) is 10.0 Å². The highest BCUT2D eigenvalue weighted by molar-refractivity contribution is 6.64. The number of nitrogens with one attached hydrogen (secondary N) is 1. The number of halogens is 3. The lowest BCUT2D eigenvalue weighted by Gasteiger charge is -2.27. The van der Waals surface area contributed by atoms with E-state index in [0.717, 1.165) is 30.2 Å². The van der Waals surface area contributed by atoms with Crippen molar-refractivity contribution in [2.45, 2.75) is 31.7 Å². The highest BCUT2D eigenvalue weighted by atomic mass is 35.5. The number of hydrogen-bond acceptors (Lipinski definition) is 2. The van der Waals surface area contributed by atoms with Crippen LogP contribution >= 0.6 is 34.8 Å². The molecule has 128 valence electrons. The lowest BCUT2D eigenvalue weighted by Crippen LogP contribution is -2.40. The molecule has 0 radical (unpaired) electrons. The van der Waals surface area contributed by atoms with E-state index in [1.54, 1.807) is 16.7 Å². The van der Waals surface area contributed by atoms with Crippen molar-refractivity contribution in [3.05, 3.63) is 33.9 Å². The van der Waals surface area contributed by atoms with Crippen molar-refractivity contribution in [2.24, 2.45) is 13.0 Å². The summed E-state index contributed by atoms with van der Waals surface area (Å²) in [4.78, 5) is 24.0.